The van der Waals surface area contributed by atoms with Crippen molar-refractivity contribution in [3.8, 4) is 22.7 Å². The molecule has 0 aliphatic rings. The van der Waals surface area contributed by atoms with Crippen molar-refractivity contribution in [1.29, 1.82) is 0 Å². The summed E-state index contributed by atoms with van der Waals surface area (Å²) in [4.78, 5) is 12.8. The minimum Gasteiger partial charge on any atom is -0.497 e. The average molecular weight is 377 g/mol. The Balaban J connectivity index is 1.96. The standard InChI is InChI=1S/C23H27N3O2/c1-4-5-6-14-24-23(27)22-16-21(18-8-7-9-20(15-18)28-3)25-26(22)19-12-10-17(2)11-13-19/h7-13,15-16H,4-6,14H2,1-3H3,(H,24,27). The molecule has 0 unspecified atom stereocenters. The van der Waals surface area contributed by atoms with Crippen LogP contribution in [0.25, 0.3) is 16.9 Å². The molecule has 0 spiro atoms. The van der Waals surface area contributed by atoms with Gasteiger partial charge in [-0.05, 0) is 43.7 Å². The number of hydrogen-bond acceptors (Lipinski definition) is 3. The van der Waals surface area contributed by atoms with Gasteiger partial charge in [-0.25, -0.2) is 4.68 Å². The van der Waals surface area contributed by atoms with Crippen molar-refractivity contribution in [1.82, 2.24) is 15.1 Å². The lowest BCUT2D eigenvalue weighted by atomic mass is 10.1. The highest BCUT2D eigenvalue weighted by Gasteiger charge is 2.17. The van der Waals surface area contributed by atoms with Gasteiger partial charge in [-0.3, -0.25) is 4.79 Å². The summed E-state index contributed by atoms with van der Waals surface area (Å²) >= 11 is 0. The Morgan fingerprint density at radius 2 is 1.89 bits per heavy atom. The Bertz CT molecular complexity index is 929. The maximum atomic E-state index is 12.8. The number of carbonyl (C=O) groups excluding carboxylic acids is 1. The van der Waals surface area contributed by atoms with Gasteiger partial charge in [-0.15, -0.1) is 0 Å². The molecule has 1 aromatic heterocycles. The van der Waals surface area contributed by atoms with E-state index < -0.39 is 0 Å². The quantitative estimate of drug-likeness (QED) is 0.575. The molecule has 0 atom stereocenters. The molecule has 28 heavy (non-hydrogen) atoms. The summed E-state index contributed by atoms with van der Waals surface area (Å²) in [7, 11) is 1.64. The van der Waals surface area contributed by atoms with Gasteiger partial charge in [0.1, 0.15) is 11.4 Å². The predicted molar refractivity (Wildman–Crippen MR) is 112 cm³/mol. The number of nitrogens with zero attached hydrogens (tertiary/aromatic N) is 2. The molecule has 3 aromatic rings. The summed E-state index contributed by atoms with van der Waals surface area (Å²) in [6, 6.07) is 17.5. The van der Waals surface area contributed by atoms with E-state index in [1.54, 1.807) is 11.8 Å². The van der Waals surface area contributed by atoms with Crippen LogP contribution in [0.3, 0.4) is 0 Å². The van der Waals surface area contributed by atoms with Gasteiger partial charge in [0.25, 0.3) is 5.91 Å². The number of amides is 1. The molecule has 0 aliphatic carbocycles. The van der Waals surface area contributed by atoms with Crippen molar-refractivity contribution in [3.63, 3.8) is 0 Å². The van der Waals surface area contributed by atoms with Gasteiger partial charge in [0.15, 0.2) is 0 Å². The first kappa shape index (κ1) is 19.7. The Morgan fingerprint density at radius 1 is 1.11 bits per heavy atom. The van der Waals surface area contributed by atoms with E-state index in [1.165, 1.54) is 0 Å². The molecule has 0 bridgehead atoms. The second-order valence-corrected chi connectivity index (χ2v) is 6.86. The normalized spacial score (nSPS) is 10.7. The van der Waals surface area contributed by atoms with Crippen molar-refractivity contribution in [2.45, 2.75) is 33.1 Å². The van der Waals surface area contributed by atoms with Crippen LogP contribution in [0.2, 0.25) is 0 Å². The van der Waals surface area contributed by atoms with Crippen LogP contribution in [-0.4, -0.2) is 29.3 Å². The molecule has 0 aliphatic heterocycles. The van der Waals surface area contributed by atoms with Gasteiger partial charge < -0.3 is 10.1 Å². The Kier molecular flexibility index (Phi) is 6.48. The average Bonchev–Trinajstić information content (AvgIpc) is 3.17. The lowest BCUT2D eigenvalue weighted by molar-refractivity contribution is 0.0945. The first-order chi connectivity index (χ1) is 13.6. The van der Waals surface area contributed by atoms with E-state index in [9.17, 15) is 4.79 Å². The van der Waals surface area contributed by atoms with Crippen molar-refractivity contribution in [2.24, 2.45) is 0 Å². The molecule has 3 rings (SSSR count). The predicted octanol–water partition coefficient (Wildman–Crippen LogP) is 4.78. The fourth-order valence-corrected chi connectivity index (χ4v) is 3.02. The minimum absolute atomic E-state index is 0.113. The number of unbranched alkanes of at least 4 members (excludes halogenated alkanes) is 2. The van der Waals surface area contributed by atoms with Crippen molar-refractivity contribution < 1.29 is 9.53 Å². The van der Waals surface area contributed by atoms with Crippen LogP contribution in [0, 0.1) is 6.92 Å². The molecular weight excluding hydrogens is 350 g/mol. The highest BCUT2D eigenvalue weighted by atomic mass is 16.5. The lowest BCUT2D eigenvalue weighted by Crippen LogP contribution is -2.26. The summed E-state index contributed by atoms with van der Waals surface area (Å²) in [6.07, 6.45) is 3.20. The van der Waals surface area contributed by atoms with Crippen LogP contribution < -0.4 is 10.1 Å². The van der Waals surface area contributed by atoms with E-state index in [4.69, 9.17) is 9.84 Å². The van der Waals surface area contributed by atoms with Gasteiger partial charge in [0.05, 0.1) is 18.5 Å². The molecular formula is C23H27N3O2. The van der Waals surface area contributed by atoms with Gasteiger partial charge >= 0.3 is 0 Å². The monoisotopic (exact) mass is 377 g/mol. The number of methoxy groups -OCH3 is 1. The Morgan fingerprint density at radius 3 is 2.61 bits per heavy atom. The van der Waals surface area contributed by atoms with E-state index in [2.05, 4.69) is 12.2 Å². The number of hydrogen-bond donors (Lipinski definition) is 1. The number of ether oxygens (including phenoxy) is 1. The third-order valence-corrected chi connectivity index (χ3v) is 4.65. The molecule has 146 valence electrons. The number of rotatable bonds is 8. The van der Waals surface area contributed by atoms with Crippen molar-refractivity contribution >= 4 is 5.91 Å². The topological polar surface area (TPSA) is 56.1 Å². The maximum Gasteiger partial charge on any atom is 0.270 e. The van der Waals surface area contributed by atoms with Crippen LogP contribution in [0.4, 0.5) is 0 Å². The van der Waals surface area contributed by atoms with Gasteiger partial charge in [-0.1, -0.05) is 49.6 Å². The largest absolute Gasteiger partial charge is 0.497 e. The molecule has 0 saturated heterocycles. The molecule has 1 heterocycles. The maximum absolute atomic E-state index is 12.8. The molecule has 0 saturated carbocycles. The molecule has 5 nitrogen and oxygen atoms in total. The van der Waals surface area contributed by atoms with E-state index in [0.717, 1.165) is 47.5 Å². The molecule has 5 heteroatoms. The van der Waals surface area contributed by atoms with Crippen LogP contribution in [0.15, 0.2) is 54.6 Å². The molecule has 0 fully saturated rings. The van der Waals surface area contributed by atoms with E-state index >= 15 is 0 Å². The first-order valence-corrected chi connectivity index (χ1v) is 9.72. The zero-order valence-corrected chi connectivity index (χ0v) is 16.7. The second-order valence-electron chi connectivity index (χ2n) is 6.86. The summed E-state index contributed by atoms with van der Waals surface area (Å²) in [5.74, 6) is 0.645. The number of aryl methyl sites for hydroxylation is 1. The molecule has 1 N–H and O–H groups in total. The van der Waals surface area contributed by atoms with Gasteiger partial charge in [0.2, 0.25) is 0 Å². The highest BCUT2D eigenvalue weighted by Crippen LogP contribution is 2.25. The third-order valence-electron chi connectivity index (χ3n) is 4.65. The summed E-state index contributed by atoms with van der Waals surface area (Å²) in [5.41, 5.74) is 4.19. The summed E-state index contributed by atoms with van der Waals surface area (Å²) in [5, 5.41) is 7.74. The van der Waals surface area contributed by atoms with Crippen LogP contribution in [0.1, 0.15) is 42.2 Å². The van der Waals surface area contributed by atoms with Gasteiger partial charge in [-0.2, -0.15) is 5.10 Å². The fourth-order valence-electron chi connectivity index (χ4n) is 3.02. The van der Waals surface area contributed by atoms with Gasteiger partial charge in [0, 0.05) is 12.1 Å². The second kappa shape index (κ2) is 9.22. The number of aromatic nitrogens is 2. The van der Waals surface area contributed by atoms with Crippen LogP contribution >= 0.6 is 0 Å². The molecule has 1 amide bonds. The zero-order chi connectivity index (χ0) is 19.9. The highest BCUT2D eigenvalue weighted by molar-refractivity contribution is 5.94. The smallest absolute Gasteiger partial charge is 0.270 e. The number of nitrogens with one attached hydrogen (secondary N) is 1. The third kappa shape index (κ3) is 4.60. The summed E-state index contributed by atoms with van der Waals surface area (Å²) in [6.45, 7) is 4.85. The summed E-state index contributed by atoms with van der Waals surface area (Å²) < 4.78 is 7.03. The first-order valence-electron chi connectivity index (χ1n) is 9.72. The number of benzene rings is 2. The van der Waals surface area contributed by atoms with E-state index in [1.807, 2.05) is 61.5 Å². The van der Waals surface area contributed by atoms with Crippen LogP contribution in [-0.2, 0) is 0 Å². The number of carbonyl (C=O) groups is 1. The van der Waals surface area contributed by atoms with E-state index in [0.29, 0.717) is 12.2 Å². The minimum atomic E-state index is -0.113. The van der Waals surface area contributed by atoms with Crippen molar-refractivity contribution in [3.05, 3.63) is 65.9 Å². The Labute approximate surface area is 166 Å². The SMILES string of the molecule is CCCCCNC(=O)c1cc(-c2cccc(OC)c2)nn1-c1ccc(C)cc1. The zero-order valence-electron chi connectivity index (χ0n) is 16.7. The Hall–Kier alpha value is -3.08. The lowest BCUT2D eigenvalue weighted by Gasteiger charge is -2.08. The van der Waals surface area contributed by atoms with Crippen molar-refractivity contribution in [2.75, 3.05) is 13.7 Å². The van der Waals surface area contributed by atoms with E-state index in [-0.39, 0.29) is 5.91 Å². The molecule has 0 radical (unpaired) electrons. The molecule has 2 aromatic carbocycles. The van der Waals surface area contributed by atoms with Crippen LogP contribution in [0.5, 0.6) is 5.75 Å². The fraction of sp³-hybridized carbons (Fsp3) is 0.304.